The third kappa shape index (κ3) is 5.94. The molecule has 1 saturated heterocycles. The first-order valence-corrected chi connectivity index (χ1v) is 9.89. The van der Waals surface area contributed by atoms with Crippen molar-refractivity contribution < 1.29 is 17.9 Å². The van der Waals surface area contributed by atoms with E-state index in [2.05, 4.69) is 10.2 Å². The van der Waals surface area contributed by atoms with Crippen LogP contribution in [0.15, 0.2) is 24.3 Å². The minimum Gasteiger partial charge on any atom is -0.379 e. The molecule has 7 nitrogen and oxygen atoms in total. The number of carbonyl (C=O) groups excluding carboxylic acids is 1. The summed E-state index contributed by atoms with van der Waals surface area (Å²) in [5, 5.41) is 3.17. The van der Waals surface area contributed by atoms with Gasteiger partial charge in [-0.25, -0.2) is 8.42 Å². The summed E-state index contributed by atoms with van der Waals surface area (Å²) in [5.74, 6) is -0.353. The molecule has 1 aliphatic rings. The third-order valence-electron chi connectivity index (χ3n) is 3.64. The average molecular weight is 376 g/mol. The zero-order valence-electron chi connectivity index (χ0n) is 13.6. The first kappa shape index (κ1) is 19.0. The van der Waals surface area contributed by atoms with Crippen LogP contribution in [0.2, 0.25) is 5.02 Å². The minimum atomic E-state index is -3.59. The lowest BCUT2D eigenvalue weighted by molar-refractivity contribution is -0.119. The van der Waals surface area contributed by atoms with E-state index in [9.17, 15) is 13.2 Å². The molecule has 0 spiro atoms. The Morgan fingerprint density at radius 2 is 2.08 bits per heavy atom. The quantitative estimate of drug-likeness (QED) is 0.753. The van der Waals surface area contributed by atoms with Crippen LogP contribution in [-0.2, 0) is 19.6 Å². The molecule has 0 aromatic heterocycles. The van der Waals surface area contributed by atoms with Gasteiger partial charge in [0.15, 0.2) is 0 Å². The molecule has 134 valence electrons. The van der Waals surface area contributed by atoms with E-state index in [1.807, 2.05) is 0 Å². The van der Waals surface area contributed by atoms with Gasteiger partial charge >= 0.3 is 0 Å². The fraction of sp³-hybridized carbons (Fsp3) is 0.533. The van der Waals surface area contributed by atoms with E-state index in [1.54, 1.807) is 18.2 Å². The lowest BCUT2D eigenvalue weighted by Crippen LogP contribution is -2.44. The summed E-state index contributed by atoms with van der Waals surface area (Å²) in [7, 11) is -3.59. The van der Waals surface area contributed by atoms with Crippen LogP contribution in [0, 0.1) is 0 Å². The van der Waals surface area contributed by atoms with Crippen LogP contribution in [0.3, 0.4) is 0 Å². The second kappa shape index (κ2) is 8.66. The summed E-state index contributed by atoms with van der Waals surface area (Å²) in [6.45, 7) is 3.98. The van der Waals surface area contributed by atoms with E-state index >= 15 is 0 Å². The Bertz CT molecular complexity index is 662. The molecule has 1 aliphatic heterocycles. The Morgan fingerprint density at radius 1 is 1.38 bits per heavy atom. The normalized spacial score (nSPS) is 15.9. The smallest absolute Gasteiger partial charge is 0.240 e. The molecule has 1 aromatic carbocycles. The molecule has 1 aromatic rings. The van der Waals surface area contributed by atoms with Crippen molar-refractivity contribution in [3.63, 3.8) is 0 Å². The average Bonchev–Trinajstić information content (AvgIpc) is 2.52. The van der Waals surface area contributed by atoms with Crippen molar-refractivity contribution in [2.75, 3.05) is 56.5 Å². The maximum Gasteiger partial charge on any atom is 0.240 e. The number of amides is 1. The minimum absolute atomic E-state index is 0.276. The number of nitrogens with zero attached hydrogens (tertiary/aromatic N) is 2. The number of sulfonamides is 1. The highest BCUT2D eigenvalue weighted by atomic mass is 35.5. The molecular formula is C15H22ClN3O4S. The van der Waals surface area contributed by atoms with E-state index in [0.29, 0.717) is 37.0 Å². The Balaban J connectivity index is 1.90. The highest BCUT2D eigenvalue weighted by Gasteiger charge is 2.21. The summed E-state index contributed by atoms with van der Waals surface area (Å²) in [6, 6.07) is 6.41. The van der Waals surface area contributed by atoms with Crippen molar-refractivity contribution in [1.29, 1.82) is 0 Å². The lowest BCUT2D eigenvalue weighted by atomic mass is 10.3. The number of carbonyl (C=O) groups is 1. The number of rotatable bonds is 7. The Kier molecular flexibility index (Phi) is 6.85. The van der Waals surface area contributed by atoms with Crippen molar-refractivity contribution in [3.8, 4) is 0 Å². The molecule has 0 aliphatic carbocycles. The van der Waals surface area contributed by atoms with Crippen molar-refractivity contribution in [3.05, 3.63) is 29.3 Å². The van der Waals surface area contributed by atoms with Crippen molar-refractivity contribution in [1.82, 2.24) is 10.2 Å². The number of anilines is 1. The molecule has 1 fully saturated rings. The second-order valence-electron chi connectivity index (χ2n) is 5.55. The summed E-state index contributed by atoms with van der Waals surface area (Å²) in [4.78, 5) is 14.3. The van der Waals surface area contributed by atoms with Gasteiger partial charge < -0.3 is 10.1 Å². The van der Waals surface area contributed by atoms with Crippen LogP contribution in [0.4, 0.5) is 5.69 Å². The predicted molar refractivity (Wildman–Crippen MR) is 93.9 cm³/mol. The zero-order chi connectivity index (χ0) is 17.6. The maximum atomic E-state index is 12.1. The predicted octanol–water partition coefficient (Wildman–Crippen LogP) is 0.554. The van der Waals surface area contributed by atoms with Gasteiger partial charge in [-0.15, -0.1) is 0 Å². The number of nitrogens with one attached hydrogen (secondary N) is 1. The van der Waals surface area contributed by atoms with E-state index < -0.39 is 10.0 Å². The van der Waals surface area contributed by atoms with Gasteiger partial charge in [-0.05, 0) is 18.2 Å². The van der Waals surface area contributed by atoms with Gasteiger partial charge in [0.25, 0.3) is 0 Å². The molecular weight excluding hydrogens is 354 g/mol. The highest BCUT2D eigenvalue weighted by Crippen LogP contribution is 2.21. The van der Waals surface area contributed by atoms with Gasteiger partial charge in [0, 0.05) is 31.2 Å². The van der Waals surface area contributed by atoms with Crippen LogP contribution in [0.1, 0.15) is 0 Å². The third-order valence-corrected chi connectivity index (χ3v) is 5.01. The number of benzene rings is 1. The number of halogens is 1. The molecule has 2 rings (SSSR count). The molecule has 0 saturated carbocycles. The maximum absolute atomic E-state index is 12.1. The van der Waals surface area contributed by atoms with Gasteiger partial charge in [-0.2, -0.15) is 0 Å². The first-order valence-electron chi connectivity index (χ1n) is 7.66. The van der Waals surface area contributed by atoms with Crippen LogP contribution in [-0.4, -0.2) is 71.4 Å². The first-order chi connectivity index (χ1) is 11.4. The number of hydrogen-bond acceptors (Lipinski definition) is 5. The van der Waals surface area contributed by atoms with Crippen molar-refractivity contribution in [2.45, 2.75) is 0 Å². The van der Waals surface area contributed by atoms with E-state index in [-0.39, 0.29) is 12.5 Å². The standard InChI is InChI=1S/C15H22ClN3O4S/c1-24(21,22)19(14-4-2-3-13(16)11-14)12-15(20)17-5-6-18-7-9-23-10-8-18/h2-4,11H,5-10,12H2,1H3,(H,17,20). The summed E-state index contributed by atoms with van der Waals surface area (Å²) >= 11 is 5.91. The monoisotopic (exact) mass is 375 g/mol. The SMILES string of the molecule is CS(=O)(=O)N(CC(=O)NCCN1CCOCC1)c1cccc(Cl)c1. The summed E-state index contributed by atoms with van der Waals surface area (Å²) < 4.78 is 30.3. The molecule has 0 unspecified atom stereocenters. The Morgan fingerprint density at radius 3 is 2.71 bits per heavy atom. The Hall–Kier alpha value is -1.35. The molecule has 1 heterocycles. The zero-order valence-corrected chi connectivity index (χ0v) is 15.1. The molecule has 1 amide bonds. The number of ether oxygens (including phenoxy) is 1. The lowest BCUT2D eigenvalue weighted by Gasteiger charge is -2.27. The fourth-order valence-electron chi connectivity index (χ4n) is 2.40. The molecule has 1 N–H and O–H groups in total. The van der Waals surface area contributed by atoms with Gasteiger partial charge in [0.05, 0.1) is 25.2 Å². The molecule has 0 bridgehead atoms. The highest BCUT2D eigenvalue weighted by molar-refractivity contribution is 7.92. The van der Waals surface area contributed by atoms with Gasteiger partial charge in [0.1, 0.15) is 6.54 Å². The van der Waals surface area contributed by atoms with E-state index in [1.165, 1.54) is 6.07 Å². The fourth-order valence-corrected chi connectivity index (χ4v) is 3.43. The topological polar surface area (TPSA) is 79.0 Å². The molecule has 0 atom stereocenters. The summed E-state index contributed by atoms with van der Waals surface area (Å²) in [5.41, 5.74) is 0.369. The molecule has 0 radical (unpaired) electrons. The van der Waals surface area contributed by atoms with Gasteiger partial charge in [-0.3, -0.25) is 14.0 Å². The second-order valence-corrected chi connectivity index (χ2v) is 7.90. The Labute approximate surface area is 147 Å². The van der Waals surface area contributed by atoms with Gasteiger partial charge in [-0.1, -0.05) is 17.7 Å². The van der Waals surface area contributed by atoms with Crippen LogP contribution >= 0.6 is 11.6 Å². The summed E-state index contributed by atoms with van der Waals surface area (Å²) in [6.07, 6.45) is 1.06. The molecule has 24 heavy (non-hydrogen) atoms. The van der Waals surface area contributed by atoms with Crippen molar-refractivity contribution in [2.24, 2.45) is 0 Å². The number of morpholine rings is 1. The van der Waals surface area contributed by atoms with Gasteiger partial charge in [0.2, 0.25) is 15.9 Å². The van der Waals surface area contributed by atoms with Crippen LogP contribution in [0.25, 0.3) is 0 Å². The van der Waals surface area contributed by atoms with Crippen LogP contribution < -0.4 is 9.62 Å². The number of hydrogen-bond donors (Lipinski definition) is 1. The van der Waals surface area contributed by atoms with E-state index in [4.69, 9.17) is 16.3 Å². The largest absolute Gasteiger partial charge is 0.379 e. The van der Waals surface area contributed by atoms with E-state index in [0.717, 1.165) is 23.7 Å². The molecule has 9 heteroatoms. The van der Waals surface area contributed by atoms with Crippen LogP contribution in [0.5, 0.6) is 0 Å². The van der Waals surface area contributed by atoms with Crippen molar-refractivity contribution >= 4 is 33.2 Å².